The lowest BCUT2D eigenvalue weighted by atomic mass is 9.73. The molecule has 2 N–H and O–H groups in total. The van der Waals surface area contributed by atoms with Crippen LogP contribution in [-0.2, 0) is 6.42 Å². The molecule has 2 unspecified atom stereocenters. The van der Waals surface area contributed by atoms with Gasteiger partial charge in [0.05, 0.1) is 0 Å². The summed E-state index contributed by atoms with van der Waals surface area (Å²) in [7, 11) is 2.18. The Balaban J connectivity index is 1.75. The van der Waals surface area contributed by atoms with E-state index < -0.39 is 0 Å². The highest BCUT2D eigenvalue weighted by Crippen LogP contribution is 2.47. The number of aryl methyl sites for hydroxylation is 1. The third-order valence-electron chi connectivity index (χ3n) is 7.39. The highest BCUT2D eigenvalue weighted by Gasteiger charge is 2.31. The molecule has 1 heterocycles. The van der Waals surface area contributed by atoms with E-state index in [1.165, 1.54) is 37.8 Å². The molecule has 0 amide bonds. The van der Waals surface area contributed by atoms with Crippen LogP contribution in [0.3, 0.4) is 0 Å². The fourth-order valence-electron chi connectivity index (χ4n) is 5.14. The number of nitrogens with one attached hydrogen (secondary N) is 1. The molecule has 0 saturated carbocycles. The van der Waals surface area contributed by atoms with Crippen molar-refractivity contribution in [3.8, 4) is 11.5 Å². The molecular formula is C29H44N2O2S. The molecule has 5 heteroatoms. The molecule has 0 bridgehead atoms. The number of likely N-dealkylation sites (N-methyl/N-ethyl adjacent to an activating group) is 1. The number of ether oxygens (including phenoxy) is 1. The number of thiocarbonyl (C=S) groups is 1. The fourth-order valence-corrected chi connectivity index (χ4v) is 5.34. The van der Waals surface area contributed by atoms with Gasteiger partial charge in [0, 0.05) is 30.6 Å². The highest BCUT2D eigenvalue weighted by molar-refractivity contribution is 7.80. The van der Waals surface area contributed by atoms with Crippen molar-refractivity contribution in [2.24, 2.45) is 5.92 Å². The average molecular weight is 485 g/mol. The van der Waals surface area contributed by atoms with E-state index in [2.05, 4.69) is 56.8 Å². The minimum atomic E-state index is 0.0456. The molecule has 1 aromatic rings. The van der Waals surface area contributed by atoms with Crippen LogP contribution in [0.15, 0.2) is 35.9 Å². The van der Waals surface area contributed by atoms with Crippen LogP contribution in [0, 0.1) is 5.92 Å². The van der Waals surface area contributed by atoms with Gasteiger partial charge in [-0.25, -0.2) is 0 Å². The Morgan fingerprint density at radius 3 is 2.71 bits per heavy atom. The van der Waals surface area contributed by atoms with Crippen LogP contribution in [0.2, 0.25) is 0 Å². The van der Waals surface area contributed by atoms with Gasteiger partial charge in [-0.15, -0.1) is 0 Å². The summed E-state index contributed by atoms with van der Waals surface area (Å²) in [5.41, 5.74) is 4.44. The number of aromatic hydroxyl groups is 1. The second-order valence-electron chi connectivity index (χ2n) is 10.4. The monoisotopic (exact) mass is 484 g/mol. The number of rotatable bonds is 12. The van der Waals surface area contributed by atoms with Gasteiger partial charge in [0.15, 0.2) is 0 Å². The number of benzene rings is 1. The summed E-state index contributed by atoms with van der Waals surface area (Å²) >= 11 is 5.57. The van der Waals surface area contributed by atoms with Crippen molar-refractivity contribution in [3.63, 3.8) is 0 Å². The minimum Gasteiger partial charge on any atom is -0.507 e. The fraction of sp³-hybridized carbons (Fsp3) is 0.621. The van der Waals surface area contributed by atoms with Gasteiger partial charge in [-0.1, -0.05) is 50.0 Å². The smallest absolute Gasteiger partial charge is 0.262 e. The van der Waals surface area contributed by atoms with E-state index >= 15 is 0 Å². The Bertz CT molecular complexity index is 894. The Morgan fingerprint density at radius 2 is 2.03 bits per heavy atom. The number of phenolic OH excluding ortho intramolecular Hbond substituents is 1. The van der Waals surface area contributed by atoms with Gasteiger partial charge >= 0.3 is 0 Å². The number of hydrogen-bond donors (Lipinski definition) is 2. The van der Waals surface area contributed by atoms with E-state index in [1.54, 1.807) is 0 Å². The Labute approximate surface area is 212 Å². The minimum absolute atomic E-state index is 0.0456. The van der Waals surface area contributed by atoms with Crippen LogP contribution in [0.5, 0.6) is 11.5 Å². The van der Waals surface area contributed by atoms with Crippen LogP contribution in [0.25, 0.3) is 0 Å². The largest absolute Gasteiger partial charge is 0.507 e. The number of hydrogen-bond acceptors (Lipinski definition) is 4. The number of phenols is 1. The molecule has 0 spiro atoms. The van der Waals surface area contributed by atoms with Crippen molar-refractivity contribution in [2.45, 2.75) is 90.5 Å². The Hall–Kier alpha value is -1.85. The Morgan fingerprint density at radius 1 is 1.26 bits per heavy atom. The Kier molecular flexibility index (Phi) is 10.0. The molecule has 34 heavy (non-hydrogen) atoms. The second-order valence-corrected chi connectivity index (χ2v) is 10.8. The lowest BCUT2D eigenvalue weighted by Crippen LogP contribution is -2.28. The standard InChI is InChI=1S/C29H44N2O2S/c1-6-7-8-11-22-17-26(32)28(25-16-21(4)13-14-24(25)20(2)3)27(18-22)33-29(34)30-15-10-9-12-23-19-31(23)5/h16-18,23-25,32H,2,6-15,19H2,1,3-5H3,(H,30,34)/t23?,24-,25+,31?/m0/s1. The van der Waals surface area contributed by atoms with Gasteiger partial charge in [-0.2, -0.15) is 0 Å². The molecular weight excluding hydrogens is 440 g/mol. The zero-order valence-electron chi connectivity index (χ0n) is 21.7. The highest BCUT2D eigenvalue weighted by atomic mass is 32.1. The van der Waals surface area contributed by atoms with Crippen LogP contribution in [0.4, 0.5) is 0 Å². The topological polar surface area (TPSA) is 44.5 Å². The van der Waals surface area contributed by atoms with E-state index in [1.807, 2.05) is 6.07 Å². The molecule has 188 valence electrons. The van der Waals surface area contributed by atoms with Gasteiger partial charge in [0.2, 0.25) is 0 Å². The maximum Gasteiger partial charge on any atom is 0.262 e. The predicted molar refractivity (Wildman–Crippen MR) is 147 cm³/mol. The van der Waals surface area contributed by atoms with Crippen molar-refractivity contribution >= 4 is 17.4 Å². The SMILES string of the molecule is C=C(C)[C@@H]1CCC(C)=C[C@H]1c1c(O)cc(CCCCC)cc1OC(=S)NCCCCC1CN1C. The van der Waals surface area contributed by atoms with E-state index in [0.29, 0.717) is 16.7 Å². The normalized spacial score (nSPS) is 23.8. The molecule has 1 aliphatic carbocycles. The number of nitrogens with zero attached hydrogens (tertiary/aromatic N) is 1. The summed E-state index contributed by atoms with van der Waals surface area (Å²) in [5.74, 6) is 1.32. The summed E-state index contributed by atoms with van der Waals surface area (Å²) in [4.78, 5) is 2.38. The van der Waals surface area contributed by atoms with Gasteiger partial charge in [-0.05, 0) is 95.3 Å². The summed E-state index contributed by atoms with van der Waals surface area (Å²) in [6, 6.07) is 4.79. The van der Waals surface area contributed by atoms with Gasteiger partial charge in [-0.3, -0.25) is 0 Å². The van der Waals surface area contributed by atoms with E-state index in [0.717, 1.165) is 61.4 Å². The molecule has 4 nitrogen and oxygen atoms in total. The van der Waals surface area contributed by atoms with Crippen LogP contribution in [0.1, 0.15) is 89.2 Å². The summed E-state index contributed by atoms with van der Waals surface area (Å²) in [6.45, 7) is 12.8. The lowest BCUT2D eigenvalue weighted by molar-refractivity contribution is 0.420. The van der Waals surface area contributed by atoms with Gasteiger partial charge in [0.1, 0.15) is 11.5 Å². The maximum absolute atomic E-state index is 11.2. The summed E-state index contributed by atoms with van der Waals surface area (Å²) in [5, 5.41) is 14.9. The first-order chi connectivity index (χ1) is 16.3. The van der Waals surface area contributed by atoms with Crippen molar-refractivity contribution in [3.05, 3.63) is 47.1 Å². The number of allylic oxidation sites excluding steroid dienone is 3. The molecule has 1 aromatic carbocycles. The van der Waals surface area contributed by atoms with E-state index in [-0.39, 0.29) is 11.8 Å². The first-order valence-corrected chi connectivity index (χ1v) is 13.5. The molecule has 4 atom stereocenters. The molecule has 1 saturated heterocycles. The predicted octanol–water partition coefficient (Wildman–Crippen LogP) is 6.88. The molecule has 1 fully saturated rings. The van der Waals surface area contributed by atoms with Crippen molar-refractivity contribution in [1.29, 1.82) is 0 Å². The molecule has 1 aliphatic heterocycles. The third kappa shape index (κ3) is 7.58. The molecule has 0 aromatic heterocycles. The lowest BCUT2D eigenvalue weighted by Gasteiger charge is -2.32. The number of unbranched alkanes of at least 4 members (excludes halogenated alkanes) is 3. The zero-order chi connectivity index (χ0) is 24.7. The average Bonchev–Trinajstić information content (AvgIpc) is 3.48. The van der Waals surface area contributed by atoms with Crippen molar-refractivity contribution in [1.82, 2.24) is 10.2 Å². The van der Waals surface area contributed by atoms with Gasteiger partial charge in [0.25, 0.3) is 5.17 Å². The first kappa shape index (κ1) is 26.7. The molecule has 2 aliphatic rings. The zero-order valence-corrected chi connectivity index (χ0v) is 22.5. The van der Waals surface area contributed by atoms with Crippen LogP contribution < -0.4 is 10.1 Å². The van der Waals surface area contributed by atoms with E-state index in [4.69, 9.17) is 17.0 Å². The summed E-state index contributed by atoms with van der Waals surface area (Å²) < 4.78 is 6.24. The molecule has 0 radical (unpaired) electrons. The quantitative estimate of drug-likeness (QED) is 0.147. The van der Waals surface area contributed by atoms with Crippen molar-refractivity contribution < 1.29 is 9.84 Å². The van der Waals surface area contributed by atoms with Crippen LogP contribution >= 0.6 is 12.2 Å². The maximum atomic E-state index is 11.2. The van der Waals surface area contributed by atoms with Crippen LogP contribution in [-0.4, -0.2) is 41.4 Å². The van der Waals surface area contributed by atoms with Gasteiger partial charge < -0.3 is 20.1 Å². The van der Waals surface area contributed by atoms with E-state index in [9.17, 15) is 5.11 Å². The summed E-state index contributed by atoms with van der Waals surface area (Å²) in [6.07, 6.45) is 12.3. The first-order valence-electron chi connectivity index (χ1n) is 13.1. The molecule has 3 rings (SSSR count). The van der Waals surface area contributed by atoms with Crippen molar-refractivity contribution in [2.75, 3.05) is 20.1 Å². The second kappa shape index (κ2) is 12.7. The third-order valence-corrected chi connectivity index (χ3v) is 7.61.